The number of carbonyl (C=O) groups excluding carboxylic acids is 1. The van der Waals surface area contributed by atoms with Crippen LogP contribution in [0.1, 0.15) is 31.0 Å². The van der Waals surface area contributed by atoms with Gasteiger partial charge in [-0.2, -0.15) is 4.98 Å². The molecule has 0 radical (unpaired) electrons. The highest BCUT2D eigenvalue weighted by Crippen LogP contribution is 2.30. The monoisotopic (exact) mass is 369 g/mol. The molecule has 1 aliphatic rings. The van der Waals surface area contributed by atoms with Crippen LogP contribution in [0.4, 0.5) is 14.5 Å². The number of benzene rings is 2. The van der Waals surface area contributed by atoms with Crippen molar-refractivity contribution >= 4 is 11.6 Å². The van der Waals surface area contributed by atoms with E-state index in [1.807, 2.05) is 0 Å². The lowest BCUT2D eigenvalue weighted by atomic mass is 10.00. The Hall–Kier alpha value is -3.09. The molecule has 1 atom stereocenters. The largest absolute Gasteiger partial charge is 0.334 e. The molecule has 5 nitrogen and oxygen atoms in total. The van der Waals surface area contributed by atoms with E-state index < -0.39 is 0 Å². The zero-order valence-electron chi connectivity index (χ0n) is 14.4. The van der Waals surface area contributed by atoms with Gasteiger partial charge in [0.25, 0.3) is 5.89 Å². The predicted molar refractivity (Wildman–Crippen MR) is 95.0 cm³/mol. The fraction of sp³-hybridized carbons (Fsp3) is 0.250. The summed E-state index contributed by atoms with van der Waals surface area (Å²) in [7, 11) is 0. The number of carbonyl (C=O) groups is 1. The molecule has 2 heterocycles. The Morgan fingerprint density at radius 1 is 1.00 bits per heavy atom. The molecule has 1 aliphatic heterocycles. The van der Waals surface area contributed by atoms with Crippen molar-refractivity contribution in [1.29, 1.82) is 0 Å². The molecule has 1 amide bonds. The van der Waals surface area contributed by atoms with Gasteiger partial charge in [0.05, 0.1) is 0 Å². The van der Waals surface area contributed by atoms with Crippen molar-refractivity contribution in [2.75, 3.05) is 11.4 Å². The molecule has 0 saturated carbocycles. The topological polar surface area (TPSA) is 59.2 Å². The van der Waals surface area contributed by atoms with Gasteiger partial charge >= 0.3 is 0 Å². The Bertz CT molecular complexity index is 939. The van der Waals surface area contributed by atoms with E-state index in [1.54, 1.807) is 29.2 Å². The van der Waals surface area contributed by atoms with E-state index in [0.29, 0.717) is 29.5 Å². The summed E-state index contributed by atoms with van der Waals surface area (Å²) in [5.74, 6) is -0.105. The van der Waals surface area contributed by atoms with Gasteiger partial charge in [-0.05, 0) is 61.4 Å². The van der Waals surface area contributed by atoms with E-state index in [4.69, 9.17) is 4.52 Å². The van der Waals surface area contributed by atoms with E-state index in [-0.39, 0.29) is 29.9 Å². The number of amides is 1. The first-order valence-corrected chi connectivity index (χ1v) is 8.75. The van der Waals surface area contributed by atoms with Crippen LogP contribution in [0.2, 0.25) is 0 Å². The fourth-order valence-electron chi connectivity index (χ4n) is 3.27. The van der Waals surface area contributed by atoms with Crippen LogP contribution in [0, 0.1) is 11.6 Å². The highest BCUT2D eigenvalue weighted by atomic mass is 19.1. The first-order chi connectivity index (χ1) is 13.1. The predicted octanol–water partition coefficient (Wildman–Crippen LogP) is 4.32. The van der Waals surface area contributed by atoms with Crippen molar-refractivity contribution in [3.8, 4) is 11.5 Å². The molecule has 0 N–H and O–H groups in total. The molecule has 138 valence electrons. The number of halogens is 2. The van der Waals surface area contributed by atoms with Gasteiger partial charge in [-0.3, -0.25) is 4.79 Å². The van der Waals surface area contributed by atoms with Crippen LogP contribution in [-0.2, 0) is 4.79 Å². The van der Waals surface area contributed by atoms with Crippen molar-refractivity contribution < 1.29 is 18.1 Å². The molecule has 1 fully saturated rings. The van der Waals surface area contributed by atoms with E-state index in [0.717, 1.165) is 12.8 Å². The molecule has 1 aromatic heterocycles. The Balaban J connectivity index is 1.51. The molecular formula is C20H17F2N3O2. The number of nitrogens with zero attached hydrogens (tertiary/aromatic N) is 3. The van der Waals surface area contributed by atoms with Crippen LogP contribution in [0.25, 0.3) is 11.5 Å². The molecule has 3 aromatic rings. The minimum absolute atomic E-state index is 0.0581. The third kappa shape index (κ3) is 3.72. The smallest absolute Gasteiger partial charge is 0.257 e. The second-order valence-electron chi connectivity index (χ2n) is 6.53. The van der Waals surface area contributed by atoms with Crippen LogP contribution < -0.4 is 4.90 Å². The maximum absolute atomic E-state index is 13.1. The second-order valence-corrected chi connectivity index (χ2v) is 6.53. The summed E-state index contributed by atoms with van der Waals surface area (Å²) in [6, 6.07) is 11.7. The van der Waals surface area contributed by atoms with E-state index in [1.165, 1.54) is 24.3 Å². The maximum Gasteiger partial charge on any atom is 0.257 e. The number of rotatable bonds is 3. The second kappa shape index (κ2) is 7.26. The SMILES string of the molecule is O=C1CC(c2noc(-c3ccc(F)cc3)n2)CCCN1c1ccc(F)cc1. The number of hydrogen-bond acceptors (Lipinski definition) is 4. The molecule has 2 aromatic carbocycles. The lowest BCUT2D eigenvalue weighted by Crippen LogP contribution is -2.30. The minimum atomic E-state index is -0.339. The molecule has 0 bridgehead atoms. The van der Waals surface area contributed by atoms with Gasteiger partial charge in [0.1, 0.15) is 11.6 Å². The van der Waals surface area contributed by atoms with Crippen LogP contribution in [0.5, 0.6) is 0 Å². The lowest BCUT2D eigenvalue weighted by molar-refractivity contribution is -0.118. The van der Waals surface area contributed by atoms with Crippen LogP contribution in [0.15, 0.2) is 53.1 Å². The molecule has 1 unspecified atom stereocenters. The fourth-order valence-corrected chi connectivity index (χ4v) is 3.27. The normalized spacial score (nSPS) is 17.8. The van der Waals surface area contributed by atoms with Crippen molar-refractivity contribution in [1.82, 2.24) is 10.1 Å². The third-order valence-corrected chi connectivity index (χ3v) is 4.69. The highest BCUT2D eigenvalue weighted by molar-refractivity contribution is 5.94. The van der Waals surface area contributed by atoms with Gasteiger partial charge in [0, 0.05) is 30.1 Å². The maximum atomic E-state index is 13.1. The summed E-state index contributed by atoms with van der Waals surface area (Å²) < 4.78 is 31.5. The summed E-state index contributed by atoms with van der Waals surface area (Å²) in [4.78, 5) is 18.8. The molecule has 7 heteroatoms. The van der Waals surface area contributed by atoms with Crippen molar-refractivity contribution in [2.45, 2.75) is 25.2 Å². The highest BCUT2D eigenvalue weighted by Gasteiger charge is 2.28. The average molecular weight is 369 g/mol. The summed E-state index contributed by atoms with van der Waals surface area (Å²) >= 11 is 0. The summed E-state index contributed by atoms with van der Waals surface area (Å²) in [5, 5.41) is 4.02. The number of anilines is 1. The first kappa shape index (κ1) is 17.3. The Labute approximate surface area is 154 Å². The first-order valence-electron chi connectivity index (χ1n) is 8.75. The van der Waals surface area contributed by atoms with Gasteiger partial charge < -0.3 is 9.42 Å². The van der Waals surface area contributed by atoms with Gasteiger partial charge in [-0.25, -0.2) is 8.78 Å². The Morgan fingerprint density at radius 3 is 2.37 bits per heavy atom. The third-order valence-electron chi connectivity index (χ3n) is 4.69. The van der Waals surface area contributed by atoms with Gasteiger partial charge in [0.2, 0.25) is 5.91 Å². The van der Waals surface area contributed by atoms with E-state index in [2.05, 4.69) is 10.1 Å². The zero-order chi connectivity index (χ0) is 18.8. The lowest BCUT2D eigenvalue weighted by Gasteiger charge is -2.20. The average Bonchev–Trinajstić information content (AvgIpc) is 3.08. The Kier molecular flexibility index (Phi) is 4.66. The molecule has 0 spiro atoms. The van der Waals surface area contributed by atoms with Crippen molar-refractivity contribution in [3.63, 3.8) is 0 Å². The van der Waals surface area contributed by atoms with Gasteiger partial charge in [0.15, 0.2) is 5.82 Å². The van der Waals surface area contributed by atoms with Crippen LogP contribution >= 0.6 is 0 Å². The minimum Gasteiger partial charge on any atom is -0.334 e. The van der Waals surface area contributed by atoms with Gasteiger partial charge in [-0.1, -0.05) is 5.16 Å². The molecule has 27 heavy (non-hydrogen) atoms. The quantitative estimate of drug-likeness (QED) is 0.690. The van der Waals surface area contributed by atoms with E-state index >= 15 is 0 Å². The van der Waals surface area contributed by atoms with Crippen LogP contribution in [-0.4, -0.2) is 22.6 Å². The molecule has 0 aliphatic carbocycles. The standard InChI is InChI=1S/C20H17F2N3O2/c21-15-5-3-13(4-6-15)20-23-19(24-27-20)14-2-1-11-25(18(26)12-14)17-9-7-16(22)8-10-17/h3-10,14H,1-2,11-12H2. The van der Waals surface area contributed by atoms with Crippen LogP contribution in [0.3, 0.4) is 0 Å². The molecule has 4 rings (SSSR count). The van der Waals surface area contributed by atoms with Crippen molar-refractivity contribution in [2.24, 2.45) is 0 Å². The summed E-state index contributed by atoms with van der Waals surface area (Å²) in [6.45, 7) is 0.559. The van der Waals surface area contributed by atoms with E-state index in [9.17, 15) is 13.6 Å². The molecule has 1 saturated heterocycles. The van der Waals surface area contributed by atoms with Crippen molar-refractivity contribution in [3.05, 3.63) is 66.0 Å². The molecular weight excluding hydrogens is 352 g/mol. The number of hydrogen-bond donors (Lipinski definition) is 0. The summed E-state index contributed by atoms with van der Waals surface area (Å²) in [5.41, 5.74) is 1.31. The Morgan fingerprint density at radius 2 is 1.67 bits per heavy atom. The van der Waals surface area contributed by atoms with Gasteiger partial charge in [-0.15, -0.1) is 0 Å². The zero-order valence-corrected chi connectivity index (χ0v) is 14.4. The summed E-state index contributed by atoms with van der Waals surface area (Å²) in [6.07, 6.45) is 1.76. The number of aromatic nitrogens is 2.